The molecule has 0 unspecified atom stereocenters. The lowest BCUT2D eigenvalue weighted by molar-refractivity contribution is -0.117. The van der Waals surface area contributed by atoms with Gasteiger partial charge in [-0.15, -0.1) is 0 Å². The number of halogens is 1. The highest BCUT2D eigenvalue weighted by molar-refractivity contribution is 9.10. The fraction of sp³-hybridized carbons (Fsp3) is 0.308. The van der Waals surface area contributed by atoms with E-state index in [-0.39, 0.29) is 18.1 Å². The van der Waals surface area contributed by atoms with Crippen molar-refractivity contribution in [3.63, 3.8) is 0 Å². The smallest absolute Gasteiger partial charge is 0.244 e. The van der Waals surface area contributed by atoms with Crippen molar-refractivity contribution in [3.8, 4) is 0 Å². The molecule has 1 amide bonds. The number of hydrogen-bond donors (Lipinski definition) is 2. The van der Waals surface area contributed by atoms with Gasteiger partial charge in [-0.2, -0.15) is 0 Å². The molecule has 0 atom stereocenters. The molecule has 2 rings (SSSR count). The fourth-order valence-electron chi connectivity index (χ4n) is 1.55. The van der Waals surface area contributed by atoms with Crippen LogP contribution >= 0.6 is 15.9 Å². The van der Waals surface area contributed by atoms with Crippen molar-refractivity contribution in [1.82, 2.24) is 5.32 Å². The fourth-order valence-corrected chi connectivity index (χ4v) is 1.97. The summed E-state index contributed by atoms with van der Waals surface area (Å²) in [6.07, 6.45) is 4.97. The first-order chi connectivity index (χ1) is 8.15. The van der Waals surface area contributed by atoms with Crippen molar-refractivity contribution < 1.29 is 9.90 Å². The molecule has 1 saturated carbocycles. The standard InChI is InChI=1S/C13H14BrNO2/c14-11-4-2-1-3-10(11)5-6-12(17)15-13(9-16)7-8-13/h1-6,16H,7-9H2,(H,15,17)/b6-5+. The molecule has 90 valence electrons. The third-order valence-corrected chi connectivity index (χ3v) is 3.59. The van der Waals surface area contributed by atoms with Gasteiger partial charge in [-0.25, -0.2) is 0 Å². The molecule has 1 aromatic carbocycles. The molecular weight excluding hydrogens is 282 g/mol. The number of benzene rings is 1. The highest BCUT2D eigenvalue weighted by Gasteiger charge is 2.42. The van der Waals surface area contributed by atoms with Crippen molar-refractivity contribution in [2.24, 2.45) is 0 Å². The van der Waals surface area contributed by atoms with Gasteiger partial charge in [-0.3, -0.25) is 4.79 Å². The summed E-state index contributed by atoms with van der Waals surface area (Å²) in [6.45, 7) is 0.0155. The highest BCUT2D eigenvalue weighted by Crippen LogP contribution is 2.34. The SMILES string of the molecule is O=C(/C=C/c1ccccc1Br)NC1(CO)CC1. The van der Waals surface area contributed by atoms with Crippen LogP contribution in [0.25, 0.3) is 6.08 Å². The number of hydrogen-bond acceptors (Lipinski definition) is 2. The monoisotopic (exact) mass is 295 g/mol. The molecule has 0 spiro atoms. The van der Waals surface area contributed by atoms with Crippen LogP contribution in [0.5, 0.6) is 0 Å². The van der Waals surface area contributed by atoms with E-state index in [2.05, 4.69) is 21.2 Å². The summed E-state index contributed by atoms with van der Waals surface area (Å²) in [5.41, 5.74) is 0.603. The summed E-state index contributed by atoms with van der Waals surface area (Å²) in [6, 6.07) is 7.69. The largest absolute Gasteiger partial charge is 0.394 e. The third kappa shape index (κ3) is 3.17. The second kappa shape index (κ2) is 5.02. The van der Waals surface area contributed by atoms with E-state index >= 15 is 0 Å². The Bertz CT molecular complexity index is 452. The Balaban J connectivity index is 1.97. The Morgan fingerprint density at radius 1 is 1.47 bits per heavy atom. The summed E-state index contributed by atoms with van der Waals surface area (Å²) in [5, 5.41) is 11.9. The van der Waals surface area contributed by atoms with E-state index in [1.165, 1.54) is 6.08 Å². The maximum atomic E-state index is 11.6. The molecule has 2 N–H and O–H groups in total. The van der Waals surface area contributed by atoms with E-state index in [0.29, 0.717) is 0 Å². The van der Waals surface area contributed by atoms with Crippen molar-refractivity contribution in [2.75, 3.05) is 6.61 Å². The van der Waals surface area contributed by atoms with Gasteiger partial charge in [-0.1, -0.05) is 34.1 Å². The van der Waals surface area contributed by atoms with Crippen LogP contribution < -0.4 is 5.32 Å². The lowest BCUT2D eigenvalue weighted by Crippen LogP contribution is -2.38. The average Bonchev–Trinajstić information content (AvgIpc) is 3.08. The molecule has 1 aliphatic carbocycles. The molecule has 0 heterocycles. The van der Waals surface area contributed by atoms with Gasteiger partial charge in [0.2, 0.25) is 5.91 Å². The number of nitrogens with one attached hydrogen (secondary N) is 1. The molecular formula is C13H14BrNO2. The topological polar surface area (TPSA) is 49.3 Å². The van der Waals surface area contributed by atoms with Crippen LogP contribution in [0.4, 0.5) is 0 Å². The maximum Gasteiger partial charge on any atom is 0.244 e. The lowest BCUT2D eigenvalue weighted by atomic mass is 10.2. The zero-order valence-electron chi connectivity index (χ0n) is 9.32. The van der Waals surface area contributed by atoms with Crippen LogP contribution in [0.1, 0.15) is 18.4 Å². The van der Waals surface area contributed by atoms with Crippen LogP contribution in [0.15, 0.2) is 34.8 Å². The molecule has 1 aliphatic rings. The molecule has 0 radical (unpaired) electrons. The van der Waals surface area contributed by atoms with Crippen LogP contribution in [-0.2, 0) is 4.79 Å². The summed E-state index contributed by atoms with van der Waals surface area (Å²) in [5.74, 6) is -0.160. The van der Waals surface area contributed by atoms with Crippen molar-refractivity contribution >= 4 is 27.9 Å². The molecule has 17 heavy (non-hydrogen) atoms. The normalized spacial score (nSPS) is 17.1. The predicted molar refractivity (Wildman–Crippen MR) is 70.4 cm³/mol. The summed E-state index contributed by atoms with van der Waals surface area (Å²) in [4.78, 5) is 11.6. The highest BCUT2D eigenvalue weighted by atomic mass is 79.9. The maximum absolute atomic E-state index is 11.6. The van der Waals surface area contributed by atoms with Crippen LogP contribution in [0.2, 0.25) is 0 Å². The number of carbonyl (C=O) groups excluding carboxylic acids is 1. The summed E-state index contributed by atoms with van der Waals surface area (Å²) >= 11 is 3.41. The van der Waals surface area contributed by atoms with E-state index in [1.807, 2.05) is 24.3 Å². The number of aliphatic hydroxyl groups is 1. The molecule has 0 aromatic heterocycles. The van der Waals surface area contributed by atoms with Gasteiger partial charge in [0, 0.05) is 10.5 Å². The molecule has 0 aliphatic heterocycles. The quantitative estimate of drug-likeness (QED) is 0.836. The predicted octanol–water partition coefficient (Wildman–Crippen LogP) is 2.10. The van der Waals surface area contributed by atoms with E-state index < -0.39 is 0 Å². The first-order valence-electron chi connectivity index (χ1n) is 5.51. The molecule has 4 heteroatoms. The van der Waals surface area contributed by atoms with Crippen molar-refractivity contribution in [2.45, 2.75) is 18.4 Å². The van der Waals surface area contributed by atoms with E-state index in [0.717, 1.165) is 22.9 Å². The van der Waals surface area contributed by atoms with Crippen LogP contribution in [0.3, 0.4) is 0 Å². The van der Waals surface area contributed by atoms with E-state index in [9.17, 15) is 4.79 Å². The van der Waals surface area contributed by atoms with Crippen molar-refractivity contribution in [3.05, 3.63) is 40.4 Å². The van der Waals surface area contributed by atoms with Gasteiger partial charge >= 0.3 is 0 Å². The molecule has 3 nitrogen and oxygen atoms in total. The van der Waals surface area contributed by atoms with Gasteiger partial charge < -0.3 is 10.4 Å². The Morgan fingerprint density at radius 2 is 2.18 bits per heavy atom. The molecule has 0 bridgehead atoms. The summed E-state index contributed by atoms with van der Waals surface area (Å²) < 4.78 is 0.951. The van der Waals surface area contributed by atoms with E-state index in [4.69, 9.17) is 5.11 Å². The Morgan fingerprint density at radius 3 is 2.76 bits per heavy atom. The van der Waals surface area contributed by atoms with Gasteiger partial charge in [0.1, 0.15) is 0 Å². The Kier molecular flexibility index (Phi) is 3.64. The molecule has 1 aromatic rings. The van der Waals surface area contributed by atoms with Gasteiger partial charge in [0.15, 0.2) is 0 Å². The molecule has 1 fully saturated rings. The van der Waals surface area contributed by atoms with Gasteiger partial charge in [0.05, 0.1) is 12.1 Å². The zero-order valence-corrected chi connectivity index (χ0v) is 10.9. The minimum atomic E-state index is -0.352. The summed E-state index contributed by atoms with van der Waals surface area (Å²) in [7, 11) is 0. The second-order valence-corrected chi connectivity index (χ2v) is 5.14. The third-order valence-electron chi connectivity index (χ3n) is 2.86. The van der Waals surface area contributed by atoms with Gasteiger partial charge in [0.25, 0.3) is 0 Å². The average molecular weight is 296 g/mol. The van der Waals surface area contributed by atoms with Crippen molar-refractivity contribution in [1.29, 1.82) is 0 Å². The molecule has 0 saturated heterocycles. The minimum absolute atomic E-state index is 0.0155. The number of carbonyl (C=O) groups is 1. The number of rotatable bonds is 4. The van der Waals surface area contributed by atoms with Crippen LogP contribution in [0, 0.1) is 0 Å². The van der Waals surface area contributed by atoms with E-state index in [1.54, 1.807) is 6.08 Å². The first kappa shape index (κ1) is 12.3. The zero-order chi connectivity index (χ0) is 12.3. The Hall–Kier alpha value is -1.13. The lowest BCUT2D eigenvalue weighted by Gasteiger charge is -2.11. The Labute approximate surface area is 109 Å². The second-order valence-electron chi connectivity index (χ2n) is 4.28. The number of aliphatic hydroxyl groups excluding tert-OH is 1. The van der Waals surface area contributed by atoms with Crippen LogP contribution in [-0.4, -0.2) is 23.2 Å². The minimum Gasteiger partial charge on any atom is -0.394 e. The number of amides is 1. The first-order valence-corrected chi connectivity index (χ1v) is 6.30. The van der Waals surface area contributed by atoms with Gasteiger partial charge in [-0.05, 0) is 30.5 Å².